The van der Waals surface area contributed by atoms with Crippen molar-refractivity contribution >= 4 is 28.8 Å². The average Bonchev–Trinajstić information content (AvgIpc) is 2.79. The molecule has 0 aliphatic rings. The molecule has 0 fully saturated rings. The number of hydrogen-bond acceptors (Lipinski definition) is 6. The monoisotopic (exact) mass is 448 g/mol. The third-order valence-corrected chi connectivity index (χ3v) is 4.99. The van der Waals surface area contributed by atoms with Crippen molar-refractivity contribution < 1.29 is 19.4 Å². The highest BCUT2D eigenvalue weighted by molar-refractivity contribution is 6.03. The molecule has 0 atom stereocenters. The zero-order valence-corrected chi connectivity index (χ0v) is 19.0. The Morgan fingerprint density at radius 2 is 1.85 bits per heavy atom. The van der Waals surface area contributed by atoms with Gasteiger partial charge >= 0.3 is 0 Å². The summed E-state index contributed by atoms with van der Waals surface area (Å²) in [4.78, 5) is 26.3. The topological polar surface area (TPSA) is 103 Å². The number of phenolic OH excluding ortho intramolecular Hbond substituents is 1. The van der Waals surface area contributed by atoms with Gasteiger partial charge in [-0.3, -0.25) is 9.59 Å². The van der Waals surface area contributed by atoms with E-state index < -0.39 is 0 Å². The minimum absolute atomic E-state index is 0.0764. The lowest BCUT2D eigenvalue weighted by Gasteiger charge is -2.12. The van der Waals surface area contributed by atoms with Crippen LogP contribution in [0.2, 0.25) is 0 Å². The molecule has 0 saturated carbocycles. The number of carbonyl (C=O) groups is 2. The SMILES string of the molecule is Cc1cc(C(=O)N/N=C/c2ccc(OCC(=O)NCCN(C)C)c3ccccc23)ccc1O. The summed E-state index contributed by atoms with van der Waals surface area (Å²) in [7, 11) is 3.89. The molecule has 3 aromatic carbocycles. The molecule has 3 rings (SSSR count). The zero-order chi connectivity index (χ0) is 23.8. The van der Waals surface area contributed by atoms with Crippen molar-refractivity contribution in [3.05, 3.63) is 71.3 Å². The Morgan fingerprint density at radius 1 is 1.09 bits per heavy atom. The Morgan fingerprint density at radius 3 is 2.58 bits per heavy atom. The number of nitrogens with zero attached hydrogens (tertiary/aromatic N) is 2. The maximum Gasteiger partial charge on any atom is 0.271 e. The Kier molecular flexibility index (Phi) is 7.99. The molecule has 0 aliphatic carbocycles. The summed E-state index contributed by atoms with van der Waals surface area (Å²) in [5, 5.41) is 18.2. The van der Waals surface area contributed by atoms with Crippen molar-refractivity contribution in [1.29, 1.82) is 0 Å². The number of nitrogens with one attached hydrogen (secondary N) is 2. The van der Waals surface area contributed by atoms with Crippen LogP contribution in [0.3, 0.4) is 0 Å². The van der Waals surface area contributed by atoms with Crippen LogP contribution in [0, 0.1) is 6.92 Å². The molecule has 0 spiro atoms. The summed E-state index contributed by atoms with van der Waals surface area (Å²) in [6, 6.07) is 15.8. The van der Waals surface area contributed by atoms with Gasteiger partial charge in [0.25, 0.3) is 11.8 Å². The van der Waals surface area contributed by atoms with E-state index >= 15 is 0 Å². The van der Waals surface area contributed by atoms with Crippen molar-refractivity contribution in [3.8, 4) is 11.5 Å². The Hall–Kier alpha value is -3.91. The highest BCUT2D eigenvalue weighted by Gasteiger charge is 2.09. The lowest BCUT2D eigenvalue weighted by molar-refractivity contribution is -0.123. The van der Waals surface area contributed by atoms with Crippen LogP contribution in [0.4, 0.5) is 0 Å². The van der Waals surface area contributed by atoms with Gasteiger partial charge in [-0.1, -0.05) is 24.3 Å². The lowest BCUT2D eigenvalue weighted by atomic mass is 10.0. The molecule has 8 heteroatoms. The molecule has 0 aliphatic heterocycles. The number of carbonyl (C=O) groups excluding carboxylic acids is 2. The van der Waals surface area contributed by atoms with Crippen LogP contribution in [0.15, 0.2) is 59.7 Å². The zero-order valence-electron chi connectivity index (χ0n) is 19.0. The molecular weight excluding hydrogens is 420 g/mol. The number of fused-ring (bicyclic) bond motifs is 1. The number of aromatic hydroxyl groups is 1. The van der Waals surface area contributed by atoms with Crippen LogP contribution in [0.25, 0.3) is 10.8 Å². The van der Waals surface area contributed by atoms with Gasteiger partial charge in [0.15, 0.2) is 6.61 Å². The molecule has 0 unspecified atom stereocenters. The van der Waals surface area contributed by atoms with Crippen molar-refractivity contribution in [2.45, 2.75) is 6.92 Å². The predicted molar refractivity (Wildman–Crippen MR) is 129 cm³/mol. The number of ether oxygens (including phenoxy) is 1. The van der Waals surface area contributed by atoms with Gasteiger partial charge in [-0.2, -0.15) is 5.10 Å². The summed E-state index contributed by atoms with van der Waals surface area (Å²) in [6.07, 6.45) is 1.56. The fourth-order valence-corrected chi connectivity index (χ4v) is 3.17. The van der Waals surface area contributed by atoms with Crippen LogP contribution in [-0.2, 0) is 4.79 Å². The second-order valence-corrected chi connectivity index (χ2v) is 7.84. The number of amides is 2. The number of hydrogen-bond donors (Lipinski definition) is 3. The van der Waals surface area contributed by atoms with E-state index in [1.165, 1.54) is 12.1 Å². The molecule has 0 saturated heterocycles. The first-order chi connectivity index (χ1) is 15.8. The van der Waals surface area contributed by atoms with Crippen LogP contribution < -0.4 is 15.5 Å². The average molecular weight is 449 g/mol. The molecule has 2 amide bonds. The van der Waals surface area contributed by atoms with Gasteiger partial charge in [-0.25, -0.2) is 5.43 Å². The van der Waals surface area contributed by atoms with Crippen molar-refractivity contribution in [3.63, 3.8) is 0 Å². The molecule has 172 valence electrons. The first-order valence-corrected chi connectivity index (χ1v) is 10.5. The highest BCUT2D eigenvalue weighted by Crippen LogP contribution is 2.28. The summed E-state index contributed by atoms with van der Waals surface area (Å²) < 4.78 is 5.75. The van der Waals surface area contributed by atoms with Crippen LogP contribution in [-0.4, -0.2) is 61.8 Å². The van der Waals surface area contributed by atoms with E-state index in [1.807, 2.05) is 49.3 Å². The third-order valence-electron chi connectivity index (χ3n) is 4.99. The third kappa shape index (κ3) is 6.54. The minimum atomic E-state index is -0.376. The second kappa shape index (κ2) is 11.1. The number of phenols is 1. The summed E-state index contributed by atoms with van der Waals surface area (Å²) >= 11 is 0. The van der Waals surface area contributed by atoms with Crippen LogP contribution in [0.5, 0.6) is 11.5 Å². The quantitative estimate of drug-likeness (QED) is 0.345. The molecule has 0 aromatic heterocycles. The Labute approximate surface area is 192 Å². The standard InChI is InChI=1S/C25H28N4O4/c1-17-14-18(8-10-22(17)30)25(32)28-27-15-19-9-11-23(21-7-5-4-6-20(19)21)33-16-24(31)26-12-13-29(2)3/h4-11,14-15,30H,12-13,16H2,1-3H3,(H,26,31)(H,28,32)/b27-15+. The Balaban J connectivity index is 1.67. The normalized spacial score (nSPS) is 11.2. The van der Waals surface area contributed by atoms with Crippen molar-refractivity contribution in [2.75, 3.05) is 33.8 Å². The van der Waals surface area contributed by atoms with Gasteiger partial charge < -0.3 is 20.1 Å². The summed E-state index contributed by atoms with van der Waals surface area (Å²) in [5.74, 6) is 0.168. The number of aryl methyl sites for hydroxylation is 1. The van der Waals surface area contributed by atoms with E-state index in [-0.39, 0.29) is 24.2 Å². The van der Waals surface area contributed by atoms with E-state index in [0.717, 1.165) is 22.9 Å². The first kappa shape index (κ1) is 23.7. The van der Waals surface area contributed by atoms with Gasteiger partial charge in [0.1, 0.15) is 11.5 Å². The lowest BCUT2D eigenvalue weighted by Crippen LogP contribution is -2.34. The van der Waals surface area contributed by atoms with Crippen LogP contribution >= 0.6 is 0 Å². The fraction of sp³-hybridized carbons (Fsp3) is 0.240. The number of benzene rings is 3. The number of rotatable bonds is 9. The van der Waals surface area contributed by atoms with E-state index in [4.69, 9.17) is 4.74 Å². The molecule has 0 radical (unpaired) electrons. The minimum Gasteiger partial charge on any atom is -0.508 e. The fourth-order valence-electron chi connectivity index (χ4n) is 3.17. The van der Waals surface area contributed by atoms with Crippen molar-refractivity contribution in [1.82, 2.24) is 15.6 Å². The largest absolute Gasteiger partial charge is 0.508 e. The van der Waals surface area contributed by atoms with Crippen molar-refractivity contribution in [2.24, 2.45) is 5.10 Å². The van der Waals surface area contributed by atoms with E-state index in [9.17, 15) is 14.7 Å². The van der Waals surface area contributed by atoms with Gasteiger partial charge in [-0.05, 0) is 62.3 Å². The molecule has 3 N–H and O–H groups in total. The maximum atomic E-state index is 12.3. The molecule has 0 heterocycles. The smallest absolute Gasteiger partial charge is 0.271 e. The molecule has 33 heavy (non-hydrogen) atoms. The molecule has 0 bridgehead atoms. The molecular formula is C25H28N4O4. The van der Waals surface area contributed by atoms with E-state index in [2.05, 4.69) is 15.8 Å². The maximum absolute atomic E-state index is 12.3. The predicted octanol–water partition coefficient (Wildman–Crippen LogP) is 2.67. The van der Waals surface area contributed by atoms with Gasteiger partial charge in [0.2, 0.25) is 0 Å². The summed E-state index contributed by atoms with van der Waals surface area (Å²) in [5.41, 5.74) is 4.30. The number of hydrazone groups is 1. The van der Waals surface area contributed by atoms with E-state index in [0.29, 0.717) is 23.4 Å². The molecule has 8 nitrogen and oxygen atoms in total. The second-order valence-electron chi connectivity index (χ2n) is 7.84. The first-order valence-electron chi connectivity index (χ1n) is 10.5. The molecule has 3 aromatic rings. The van der Waals surface area contributed by atoms with Gasteiger partial charge in [0.05, 0.1) is 6.21 Å². The van der Waals surface area contributed by atoms with Crippen LogP contribution in [0.1, 0.15) is 21.5 Å². The number of likely N-dealkylation sites (N-methyl/N-ethyl adjacent to an activating group) is 1. The highest BCUT2D eigenvalue weighted by atomic mass is 16.5. The summed E-state index contributed by atoms with van der Waals surface area (Å²) in [6.45, 7) is 2.96. The van der Waals surface area contributed by atoms with Gasteiger partial charge in [0, 0.05) is 29.6 Å². The Bertz CT molecular complexity index is 1170. The van der Waals surface area contributed by atoms with E-state index in [1.54, 1.807) is 25.3 Å². The van der Waals surface area contributed by atoms with Gasteiger partial charge in [-0.15, -0.1) is 0 Å².